The Balaban J connectivity index is 2.56. The van der Waals surface area contributed by atoms with Crippen LogP contribution in [0.25, 0.3) is 0 Å². The third-order valence-corrected chi connectivity index (χ3v) is 1.98. The molecule has 2 nitrogen and oxygen atoms in total. The van der Waals surface area contributed by atoms with Gasteiger partial charge in [0.25, 0.3) is 0 Å². The molecule has 0 aromatic heterocycles. The zero-order chi connectivity index (χ0) is 7.56. The third-order valence-electron chi connectivity index (χ3n) is 1.98. The number of aliphatic hydroxyl groups excluding tert-OH is 1. The van der Waals surface area contributed by atoms with E-state index >= 15 is 0 Å². The van der Waals surface area contributed by atoms with Gasteiger partial charge in [-0.25, -0.2) is 0 Å². The van der Waals surface area contributed by atoms with E-state index in [1.807, 2.05) is 6.92 Å². The Hall–Kier alpha value is -0.500. The first-order valence-electron chi connectivity index (χ1n) is 3.69. The van der Waals surface area contributed by atoms with Crippen LogP contribution in [-0.2, 0) is 4.74 Å². The molecule has 10 heavy (non-hydrogen) atoms. The second-order valence-corrected chi connectivity index (χ2v) is 2.77. The van der Waals surface area contributed by atoms with E-state index in [-0.39, 0.29) is 6.10 Å². The van der Waals surface area contributed by atoms with Gasteiger partial charge in [-0.2, -0.15) is 0 Å². The Morgan fingerprint density at radius 3 is 2.60 bits per heavy atom. The quantitative estimate of drug-likeness (QED) is 0.567. The second kappa shape index (κ2) is 3.06. The van der Waals surface area contributed by atoms with Crippen molar-refractivity contribution >= 4 is 0 Å². The smallest absolute Gasteiger partial charge is 0.0906 e. The third kappa shape index (κ3) is 1.51. The van der Waals surface area contributed by atoms with Crippen molar-refractivity contribution in [1.82, 2.24) is 0 Å². The van der Waals surface area contributed by atoms with E-state index in [2.05, 4.69) is 0 Å². The van der Waals surface area contributed by atoms with Gasteiger partial charge in [0.1, 0.15) is 0 Å². The first kappa shape index (κ1) is 7.61. The summed E-state index contributed by atoms with van der Waals surface area (Å²) in [5.74, 6) is 0.409. The summed E-state index contributed by atoms with van der Waals surface area (Å²) in [6.45, 7) is 4.47. The van der Waals surface area contributed by atoms with E-state index in [1.54, 1.807) is 6.92 Å². The Bertz CT molecular complexity index is 139. The molecule has 1 aliphatic heterocycles. The van der Waals surface area contributed by atoms with Crippen molar-refractivity contribution in [3.8, 4) is 0 Å². The predicted octanol–water partition coefficient (Wildman–Crippen LogP) is 2.02. The number of allylic oxidation sites excluding steroid dienone is 1. The molecule has 2 heteroatoms. The van der Waals surface area contributed by atoms with Crippen LogP contribution in [0.3, 0.4) is 0 Å². The second-order valence-electron chi connectivity index (χ2n) is 2.77. The molecule has 1 aliphatic rings. The number of aliphatic hydroxyl groups is 1. The molecule has 0 spiro atoms. The van der Waals surface area contributed by atoms with Crippen LogP contribution < -0.4 is 0 Å². The lowest BCUT2D eigenvalue weighted by Gasteiger charge is -2.09. The molecule has 0 aliphatic carbocycles. The lowest BCUT2D eigenvalue weighted by Crippen LogP contribution is -2.07. The van der Waals surface area contributed by atoms with Gasteiger partial charge < -0.3 is 9.84 Å². The molecule has 1 saturated heterocycles. The van der Waals surface area contributed by atoms with E-state index in [4.69, 9.17) is 9.84 Å². The van der Waals surface area contributed by atoms with Crippen LogP contribution >= 0.6 is 0 Å². The van der Waals surface area contributed by atoms with Crippen molar-refractivity contribution in [2.45, 2.75) is 32.8 Å². The van der Waals surface area contributed by atoms with Crippen molar-refractivity contribution in [1.29, 1.82) is 0 Å². The first-order valence-corrected chi connectivity index (χ1v) is 3.69. The van der Waals surface area contributed by atoms with Gasteiger partial charge in [-0.15, -0.1) is 0 Å². The zero-order valence-corrected chi connectivity index (χ0v) is 6.55. The summed E-state index contributed by atoms with van der Waals surface area (Å²) in [5.41, 5.74) is 0.984. The van der Waals surface area contributed by atoms with Crippen LogP contribution in [0.1, 0.15) is 26.7 Å². The van der Waals surface area contributed by atoms with Crippen LogP contribution in [0.15, 0.2) is 11.3 Å². The molecule has 1 fully saturated rings. The average Bonchev–Trinajstić information content (AvgIpc) is 2.36. The Labute approximate surface area is 61.5 Å². The maximum Gasteiger partial charge on any atom is 0.0906 e. The van der Waals surface area contributed by atoms with E-state index in [0.717, 1.165) is 25.0 Å². The highest BCUT2D eigenvalue weighted by Crippen LogP contribution is 2.20. The van der Waals surface area contributed by atoms with E-state index in [9.17, 15) is 0 Å². The molecule has 58 valence electrons. The standard InChI is InChI=1S/C8H14O2/c1-6(7(2)9)8-4-3-5-10-8/h8-9H,3-5H2,1-2H3/b7-6-. The van der Waals surface area contributed by atoms with Crippen molar-refractivity contribution in [2.24, 2.45) is 0 Å². The molecule has 0 saturated carbocycles. The van der Waals surface area contributed by atoms with Crippen LogP contribution in [0.4, 0.5) is 0 Å². The van der Waals surface area contributed by atoms with Gasteiger partial charge in [0.15, 0.2) is 0 Å². The van der Waals surface area contributed by atoms with E-state index in [0.29, 0.717) is 5.76 Å². The van der Waals surface area contributed by atoms with Gasteiger partial charge in [-0.3, -0.25) is 0 Å². The van der Waals surface area contributed by atoms with Gasteiger partial charge in [0.05, 0.1) is 11.9 Å². The van der Waals surface area contributed by atoms with Gasteiger partial charge in [0.2, 0.25) is 0 Å². The maximum absolute atomic E-state index is 9.08. The highest BCUT2D eigenvalue weighted by atomic mass is 16.5. The number of rotatable bonds is 1. The minimum Gasteiger partial charge on any atom is -0.513 e. The fraction of sp³-hybridized carbons (Fsp3) is 0.750. The van der Waals surface area contributed by atoms with E-state index in [1.165, 1.54) is 0 Å². The Kier molecular flexibility index (Phi) is 2.33. The van der Waals surface area contributed by atoms with Crippen LogP contribution in [0.5, 0.6) is 0 Å². The number of hydrogen-bond acceptors (Lipinski definition) is 2. The molecular formula is C8H14O2. The van der Waals surface area contributed by atoms with Crippen molar-refractivity contribution in [2.75, 3.05) is 6.61 Å². The fourth-order valence-corrected chi connectivity index (χ4v) is 1.15. The normalized spacial score (nSPS) is 28.4. The predicted molar refractivity (Wildman–Crippen MR) is 40.0 cm³/mol. The summed E-state index contributed by atoms with van der Waals surface area (Å²) in [7, 11) is 0. The number of ether oxygens (including phenoxy) is 1. The summed E-state index contributed by atoms with van der Waals surface area (Å²) in [5, 5.41) is 9.08. The lowest BCUT2D eigenvalue weighted by atomic mass is 10.1. The van der Waals surface area contributed by atoms with Gasteiger partial charge in [-0.1, -0.05) is 0 Å². The topological polar surface area (TPSA) is 29.5 Å². The Morgan fingerprint density at radius 2 is 2.20 bits per heavy atom. The van der Waals surface area contributed by atoms with Gasteiger partial charge >= 0.3 is 0 Å². The molecule has 0 bridgehead atoms. The monoisotopic (exact) mass is 142 g/mol. The van der Waals surface area contributed by atoms with Crippen molar-refractivity contribution in [3.63, 3.8) is 0 Å². The summed E-state index contributed by atoms with van der Waals surface area (Å²) in [6.07, 6.45) is 2.36. The highest BCUT2D eigenvalue weighted by Gasteiger charge is 2.18. The molecule has 0 amide bonds. The van der Waals surface area contributed by atoms with Crippen LogP contribution in [0.2, 0.25) is 0 Å². The van der Waals surface area contributed by atoms with E-state index < -0.39 is 0 Å². The maximum atomic E-state index is 9.08. The van der Waals surface area contributed by atoms with Crippen LogP contribution in [-0.4, -0.2) is 17.8 Å². The minimum absolute atomic E-state index is 0.185. The van der Waals surface area contributed by atoms with Crippen molar-refractivity contribution in [3.05, 3.63) is 11.3 Å². The highest BCUT2D eigenvalue weighted by molar-refractivity contribution is 5.09. The summed E-state index contributed by atoms with van der Waals surface area (Å²) < 4.78 is 5.36. The minimum atomic E-state index is 0.185. The molecule has 1 N–H and O–H groups in total. The molecular weight excluding hydrogens is 128 g/mol. The van der Waals surface area contributed by atoms with Crippen LogP contribution in [0, 0.1) is 0 Å². The molecule has 1 unspecified atom stereocenters. The molecule has 1 rings (SSSR count). The SMILES string of the molecule is C/C(O)=C(\C)C1CCCO1. The molecule has 1 heterocycles. The molecule has 0 radical (unpaired) electrons. The molecule has 0 aromatic rings. The largest absolute Gasteiger partial charge is 0.513 e. The Morgan fingerprint density at radius 1 is 1.50 bits per heavy atom. The zero-order valence-electron chi connectivity index (χ0n) is 6.55. The molecule has 0 aromatic carbocycles. The lowest BCUT2D eigenvalue weighted by molar-refractivity contribution is 0.133. The first-order chi connectivity index (χ1) is 4.72. The van der Waals surface area contributed by atoms with Crippen molar-refractivity contribution < 1.29 is 9.84 Å². The number of hydrogen-bond donors (Lipinski definition) is 1. The molecule has 1 atom stereocenters. The van der Waals surface area contributed by atoms with Gasteiger partial charge in [-0.05, 0) is 32.3 Å². The summed E-state index contributed by atoms with van der Waals surface area (Å²) >= 11 is 0. The average molecular weight is 142 g/mol. The summed E-state index contributed by atoms with van der Waals surface area (Å²) in [4.78, 5) is 0. The fourth-order valence-electron chi connectivity index (χ4n) is 1.15. The summed E-state index contributed by atoms with van der Waals surface area (Å²) in [6, 6.07) is 0. The van der Waals surface area contributed by atoms with Gasteiger partial charge in [0, 0.05) is 6.61 Å².